The molecule has 1 aromatic carbocycles. The molecule has 0 fully saturated rings. The van der Waals surface area contributed by atoms with E-state index in [0.29, 0.717) is 23.1 Å². The van der Waals surface area contributed by atoms with Gasteiger partial charge >= 0.3 is 0 Å². The molecule has 1 aromatic heterocycles. The zero-order valence-corrected chi connectivity index (χ0v) is 15.0. The average Bonchev–Trinajstić information content (AvgIpc) is 2.93. The van der Waals surface area contributed by atoms with Crippen molar-refractivity contribution in [2.45, 2.75) is 30.1 Å². The predicted octanol–water partition coefficient (Wildman–Crippen LogP) is 2.71. The van der Waals surface area contributed by atoms with Crippen molar-refractivity contribution < 1.29 is 8.42 Å². The van der Waals surface area contributed by atoms with E-state index in [-0.39, 0.29) is 11.4 Å². The summed E-state index contributed by atoms with van der Waals surface area (Å²) >= 11 is 7.28. The van der Waals surface area contributed by atoms with Crippen LogP contribution in [-0.4, -0.2) is 28.9 Å². The maximum atomic E-state index is 12.3. The third kappa shape index (κ3) is 4.57. The second kappa shape index (κ2) is 7.96. The monoisotopic (exact) mass is 372 g/mol. The molecule has 0 saturated heterocycles. The molecule has 0 atom stereocenters. The number of nitrogens with zero attached hydrogens (tertiary/aromatic N) is 3. The fourth-order valence-corrected chi connectivity index (χ4v) is 3.73. The summed E-state index contributed by atoms with van der Waals surface area (Å²) in [6.07, 6.45) is 1.78. The molecule has 0 unspecified atom stereocenters. The van der Waals surface area contributed by atoms with Crippen molar-refractivity contribution in [3.63, 3.8) is 0 Å². The van der Waals surface area contributed by atoms with Crippen LogP contribution in [0.1, 0.15) is 12.7 Å². The number of halogens is 1. The maximum Gasteiger partial charge on any atom is 0.240 e. The molecule has 0 radical (unpaired) electrons. The molecule has 1 N–H and O–H groups in total. The highest BCUT2D eigenvalue weighted by Gasteiger charge is 2.17. The molecule has 124 valence electrons. The van der Waals surface area contributed by atoms with Gasteiger partial charge in [-0.25, -0.2) is 13.1 Å². The first-order chi connectivity index (χ1) is 11.0. The highest BCUT2D eigenvalue weighted by Crippen LogP contribution is 2.18. The van der Waals surface area contributed by atoms with Crippen LogP contribution in [0.5, 0.6) is 0 Å². The normalized spacial score (nSPS) is 11.6. The van der Waals surface area contributed by atoms with Crippen molar-refractivity contribution >= 4 is 33.4 Å². The van der Waals surface area contributed by atoms with Crippen LogP contribution in [-0.2, 0) is 23.1 Å². The molecule has 2 aromatic rings. The van der Waals surface area contributed by atoms with Gasteiger partial charge in [-0.05, 0) is 31.2 Å². The van der Waals surface area contributed by atoms with E-state index in [9.17, 15) is 8.42 Å². The lowest BCUT2D eigenvalue weighted by atomic mass is 10.4. The summed E-state index contributed by atoms with van der Waals surface area (Å²) in [4.78, 5) is 0.158. The number of rotatable bonds is 8. The van der Waals surface area contributed by atoms with Crippen LogP contribution in [0.2, 0.25) is 5.02 Å². The second-order valence-electron chi connectivity index (χ2n) is 4.52. The smallest absolute Gasteiger partial charge is 0.240 e. The number of benzene rings is 1. The number of hydrogen-bond donors (Lipinski definition) is 1. The van der Waals surface area contributed by atoms with Crippen LogP contribution in [0, 0.1) is 0 Å². The van der Waals surface area contributed by atoms with Gasteiger partial charge < -0.3 is 4.57 Å². The number of thioether (sulfide) groups is 1. The van der Waals surface area contributed by atoms with E-state index in [1.54, 1.807) is 6.08 Å². The van der Waals surface area contributed by atoms with E-state index >= 15 is 0 Å². The topological polar surface area (TPSA) is 76.9 Å². The molecule has 0 saturated carbocycles. The van der Waals surface area contributed by atoms with Gasteiger partial charge in [0.1, 0.15) is 5.82 Å². The predicted molar refractivity (Wildman–Crippen MR) is 92.1 cm³/mol. The van der Waals surface area contributed by atoms with Gasteiger partial charge in [-0.2, -0.15) is 0 Å². The second-order valence-corrected chi connectivity index (χ2v) is 7.71. The Morgan fingerprint density at radius 2 is 2.04 bits per heavy atom. The highest BCUT2D eigenvalue weighted by atomic mass is 35.5. The third-order valence-electron chi connectivity index (χ3n) is 2.98. The van der Waals surface area contributed by atoms with Crippen LogP contribution >= 0.6 is 23.4 Å². The zero-order chi connectivity index (χ0) is 16.9. The SMILES string of the molecule is C=CCSc1nnc(CNS(=O)(=O)c2ccc(Cl)cc2)n1CC. The van der Waals surface area contributed by atoms with Gasteiger partial charge in [-0.1, -0.05) is 29.4 Å². The van der Waals surface area contributed by atoms with Crippen LogP contribution < -0.4 is 4.72 Å². The molecule has 2 rings (SSSR count). The summed E-state index contributed by atoms with van der Waals surface area (Å²) in [6.45, 7) is 6.35. The first kappa shape index (κ1) is 18.0. The van der Waals surface area contributed by atoms with Crippen molar-refractivity contribution in [2.24, 2.45) is 0 Å². The molecule has 6 nitrogen and oxygen atoms in total. The van der Waals surface area contributed by atoms with Gasteiger partial charge in [-0.3, -0.25) is 0 Å². The third-order valence-corrected chi connectivity index (χ3v) is 5.62. The maximum absolute atomic E-state index is 12.3. The molecular weight excluding hydrogens is 356 g/mol. The first-order valence-electron chi connectivity index (χ1n) is 6.89. The van der Waals surface area contributed by atoms with Gasteiger partial charge in [0.25, 0.3) is 0 Å². The molecule has 23 heavy (non-hydrogen) atoms. The largest absolute Gasteiger partial charge is 0.305 e. The lowest BCUT2D eigenvalue weighted by Crippen LogP contribution is -2.25. The molecule has 0 aliphatic rings. The molecular formula is C14H17ClN4O2S2. The van der Waals surface area contributed by atoms with Gasteiger partial charge in [0.15, 0.2) is 5.16 Å². The summed E-state index contributed by atoms with van der Waals surface area (Å²) in [5.74, 6) is 1.28. The van der Waals surface area contributed by atoms with Crippen molar-refractivity contribution in [1.82, 2.24) is 19.5 Å². The van der Waals surface area contributed by atoms with Crippen LogP contribution in [0.25, 0.3) is 0 Å². The Bertz CT molecular complexity index is 773. The van der Waals surface area contributed by atoms with Crippen LogP contribution in [0.15, 0.2) is 47.0 Å². The Morgan fingerprint density at radius 1 is 1.35 bits per heavy atom. The Morgan fingerprint density at radius 3 is 2.65 bits per heavy atom. The minimum absolute atomic E-state index is 0.0699. The van der Waals surface area contributed by atoms with Crippen molar-refractivity contribution in [3.8, 4) is 0 Å². The molecule has 0 bridgehead atoms. The molecule has 0 aliphatic heterocycles. The Labute approximate surface area is 145 Å². The minimum Gasteiger partial charge on any atom is -0.305 e. The van der Waals surface area contributed by atoms with Gasteiger partial charge in [0.2, 0.25) is 10.0 Å². The lowest BCUT2D eigenvalue weighted by molar-refractivity contribution is 0.572. The number of sulfonamides is 1. The molecule has 0 amide bonds. The summed E-state index contributed by atoms with van der Waals surface area (Å²) in [5, 5.41) is 9.37. The Balaban J connectivity index is 2.12. The number of nitrogens with one attached hydrogen (secondary N) is 1. The standard InChI is InChI=1S/C14H17ClN4O2S2/c1-3-9-22-14-18-17-13(19(14)4-2)10-16-23(20,21)12-7-5-11(15)6-8-12/h3,5-8,16H,1,4,9-10H2,2H3. The van der Waals surface area contributed by atoms with Crippen molar-refractivity contribution in [3.05, 3.63) is 47.8 Å². The fraction of sp³-hybridized carbons (Fsp3) is 0.286. The van der Waals surface area contributed by atoms with Crippen molar-refractivity contribution in [1.29, 1.82) is 0 Å². The zero-order valence-electron chi connectivity index (χ0n) is 12.6. The summed E-state index contributed by atoms with van der Waals surface area (Å²) in [5.41, 5.74) is 0. The van der Waals surface area contributed by atoms with E-state index in [2.05, 4.69) is 21.5 Å². The van der Waals surface area contributed by atoms with E-state index in [4.69, 9.17) is 11.6 Å². The van der Waals surface area contributed by atoms with Gasteiger partial charge in [0.05, 0.1) is 11.4 Å². The van der Waals surface area contributed by atoms with Crippen molar-refractivity contribution in [2.75, 3.05) is 5.75 Å². The van der Waals surface area contributed by atoms with Gasteiger partial charge in [0, 0.05) is 17.3 Å². The van der Waals surface area contributed by atoms with E-state index in [0.717, 1.165) is 5.16 Å². The number of aromatic nitrogens is 3. The van der Waals surface area contributed by atoms with E-state index in [1.165, 1.54) is 36.0 Å². The summed E-state index contributed by atoms with van der Waals surface area (Å²) in [7, 11) is -3.62. The highest BCUT2D eigenvalue weighted by molar-refractivity contribution is 7.99. The fourth-order valence-electron chi connectivity index (χ4n) is 1.86. The number of hydrogen-bond acceptors (Lipinski definition) is 5. The first-order valence-corrected chi connectivity index (χ1v) is 9.73. The Hall–Kier alpha value is -1.35. The van der Waals surface area contributed by atoms with Gasteiger partial charge in [-0.15, -0.1) is 16.8 Å². The average molecular weight is 373 g/mol. The van der Waals surface area contributed by atoms with Crippen LogP contribution in [0.4, 0.5) is 0 Å². The lowest BCUT2D eigenvalue weighted by Gasteiger charge is -2.09. The van der Waals surface area contributed by atoms with E-state index < -0.39 is 10.0 Å². The summed E-state index contributed by atoms with van der Waals surface area (Å²) in [6, 6.07) is 5.99. The summed E-state index contributed by atoms with van der Waals surface area (Å²) < 4.78 is 28.9. The van der Waals surface area contributed by atoms with Crippen LogP contribution in [0.3, 0.4) is 0 Å². The molecule has 0 spiro atoms. The molecule has 9 heteroatoms. The Kier molecular flexibility index (Phi) is 6.23. The molecule has 0 aliphatic carbocycles. The molecule has 1 heterocycles. The van der Waals surface area contributed by atoms with E-state index in [1.807, 2.05) is 11.5 Å². The minimum atomic E-state index is -3.62. The quantitative estimate of drug-likeness (QED) is 0.569.